The van der Waals surface area contributed by atoms with Gasteiger partial charge in [-0.05, 0) is 49.7 Å². The molecule has 10 heteroatoms. The van der Waals surface area contributed by atoms with Crippen molar-refractivity contribution in [2.75, 3.05) is 18.4 Å². The lowest BCUT2D eigenvalue weighted by atomic mass is 10.0. The molecule has 0 spiro atoms. The summed E-state index contributed by atoms with van der Waals surface area (Å²) in [5.41, 5.74) is 6.42. The van der Waals surface area contributed by atoms with Crippen molar-refractivity contribution in [2.24, 2.45) is 0 Å². The van der Waals surface area contributed by atoms with E-state index in [1.54, 1.807) is 6.07 Å². The Morgan fingerprint density at radius 3 is 2.85 bits per heavy atom. The number of nitrogens with one attached hydrogen (secondary N) is 2. The minimum absolute atomic E-state index is 0.0279. The normalized spacial score (nSPS) is 16.1. The molecule has 0 saturated carbocycles. The summed E-state index contributed by atoms with van der Waals surface area (Å²) in [4.78, 5) is 30.8. The molecule has 0 unspecified atom stereocenters. The largest absolute Gasteiger partial charge is 0.335 e. The van der Waals surface area contributed by atoms with Crippen molar-refractivity contribution in [1.29, 1.82) is 0 Å². The van der Waals surface area contributed by atoms with Gasteiger partial charge in [0.25, 0.3) is 5.91 Å². The molecule has 166 valence electrons. The van der Waals surface area contributed by atoms with Crippen LogP contribution in [0.3, 0.4) is 0 Å². The Labute approximate surface area is 190 Å². The molecule has 0 aliphatic carbocycles. The second-order valence-electron chi connectivity index (χ2n) is 8.77. The maximum atomic E-state index is 12.8. The maximum Gasteiger partial charge on any atom is 0.254 e. The number of rotatable bonds is 4. The molecule has 1 fully saturated rings. The van der Waals surface area contributed by atoms with Crippen LogP contribution in [0.2, 0.25) is 0 Å². The van der Waals surface area contributed by atoms with Crippen molar-refractivity contribution in [3.8, 4) is 0 Å². The number of H-pyrrole nitrogens is 1. The van der Waals surface area contributed by atoms with Gasteiger partial charge in [-0.3, -0.25) is 14.8 Å². The number of aromatic nitrogens is 6. The van der Waals surface area contributed by atoms with E-state index in [4.69, 9.17) is 4.98 Å². The molecule has 0 atom stereocenters. The van der Waals surface area contributed by atoms with Gasteiger partial charge in [0.05, 0.1) is 11.2 Å². The molecular weight excluding hydrogens is 418 g/mol. The number of benzene rings is 1. The SMILES string of the molecule is Cc1cc(C)nc(Nc2ncc3c(n2)CN(C2CN(C(=O)c4ccc5[nH]nnc5c4)C2)C3)c1. The van der Waals surface area contributed by atoms with Crippen molar-refractivity contribution in [3.05, 3.63) is 64.6 Å². The molecule has 2 aliphatic heterocycles. The predicted octanol–water partition coefficient (Wildman–Crippen LogP) is 2.34. The highest BCUT2D eigenvalue weighted by molar-refractivity contribution is 5.97. The van der Waals surface area contributed by atoms with E-state index in [2.05, 4.69) is 35.6 Å². The lowest BCUT2D eigenvalue weighted by Crippen LogP contribution is -2.59. The van der Waals surface area contributed by atoms with Gasteiger partial charge in [-0.2, -0.15) is 0 Å². The molecule has 1 saturated heterocycles. The van der Waals surface area contributed by atoms with Crippen molar-refractivity contribution < 1.29 is 4.79 Å². The molecular formula is C23H23N9O. The van der Waals surface area contributed by atoms with Gasteiger partial charge in [-0.1, -0.05) is 5.21 Å². The third-order valence-corrected chi connectivity index (χ3v) is 6.26. The van der Waals surface area contributed by atoms with E-state index in [9.17, 15) is 4.79 Å². The first-order chi connectivity index (χ1) is 16.0. The van der Waals surface area contributed by atoms with Crippen LogP contribution >= 0.6 is 0 Å². The summed E-state index contributed by atoms with van der Waals surface area (Å²) in [6.45, 7) is 6.97. The third kappa shape index (κ3) is 3.68. The van der Waals surface area contributed by atoms with Crippen LogP contribution in [0.4, 0.5) is 11.8 Å². The number of anilines is 2. The lowest BCUT2D eigenvalue weighted by Gasteiger charge is -2.44. The zero-order chi connectivity index (χ0) is 22.5. The van der Waals surface area contributed by atoms with Crippen molar-refractivity contribution >= 4 is 28.7 Å². The Bertz CT molecular complexity index is 1360. The van der Waals surface area contributed by atoms with E-state index in [1.165, 1.54) is 0 Å². The fraction of sp³-hybridized carbons (Fsp3) is 0.304. The Kier molecular flexibility index (Phi) is 4.54. The predicted molar refractivity (Wildman–Crippen MR) is 122 cm³/mol. The fourth-order valence-corrected chi connectivity index (χ4v) is 4.53. The van der Waals surface area contributed by atoms with Gasteiger partial charge in [-0.25, -0.2) is 15.0 Å². The number of pyridine rings is 1. The molecule has 2 N–H and O–H groups in total. The van der Waals surface area contributed by atoms with Gasteiger partial charge < -0.3 is 10.2 Å². The molecule has 0 bridgehead atoms. The number of carbonyl (C=O) groups is 1. The molecule has 6 rings (SSSR count). The van der Waals surface area contributed by atoms with Crippen LogP contribution in [-0.4, -0.2) is 65.2 Å². The van der Waals surface area contributed by atoms with E-state index in [0.29, 0.717) is 36.2 Å². The number of amides is 1. The van der Waals surface area contributed by atoms with Crippen LogP contribution in [0, 0.1) is 13.8 Å². The van der Waals surface area contributed by atoms with Crippen molar-refractivity contribution in [1.82, 2.24) is 40.2 Å². The molecule has 33 heavy (non-hydrogen) atoms. The van der Waals surface area contributed by atoms with Gasteiger partial charge in [0.15, 0.2) is 0 Å². The zero-order valence-corrected chi connectivity index (χ0v) is 18.4. The summed E-state index contributed by atoms with van der Waals surface area (Å²) in [5.74, 6) is 1.33. The smallest absolute Gasteiger partial charge is 0.254 e. The number of aryl methyl sites for hydroxylation is 2. The second-order valence-corrected chi connectivity index (χ2v) is 8.77. The molecule has 5 heterocycles. The molecule has 3 aromatic heterocycles. The van der Waals surface area contributed by atoms with Gasteiger partial charge in [0, 0.05) is 55.2 Å². The number of likely N-dealkylation sites (tertiary alicyclic amines) is 1. The topological polar surface area (TPSA) is 116 Å². The zero-order valence-electron chi connectivity index (χ0n) is 18.4. The van der Waals surface area contributed by atoms with E-state index >= 15 is 0 Å². The Hall–Kier alpha value is -3.92. The number of hydrogen-bond donors (Lipinski definition) is 2. The molecule has 1 amide bonds. The summed E-state index contributed by atoms with van der Waals surface area (Å²) in [6, 6.07) is 9.78. The highest BCUT2D eigenvalue weighted by Crippen LogP contribution is 2.28. The van der Waals surface area contributed by atoms with E-state index < -0.39 is 0 Å². The number of carbonyl (C=O) groups excluding carboxylic acids is 1. The Morgan fingerprint density at radius 1 is 1.12 bits per heavy atom. The number of nitrogens with zero attached hydrogens (tertiary/aromatic N) is 7. The average Bonchev–Trinajstić information content (AvgIpc) is 3.37. The van der Waals surface area contributed by atoms with Crippen LogP contribution in [0.1, 0.15) is 32.9 Å². The third-order valence-electron chi connectivity index (χ3n) is 6.26. The standard InChI is InChI=1S/C23H23N9O/c1-13-5-14(2)25-21(6-13)27-23-24-8-16-9-31(12-20(16)26-23)17-10-32(11-17)22(33)15-3-4-18-19(7-15)29-30-28-18/h3-8,17H,9-12H2,1-2H3,(H,28,29,30)(H,24,25,26,27). The van der Waals surface area contributed by atoms with Gasteiger partial charge in [0.2, 0.25) is 5.95 Å². The lowest BCUT2D eigenvalue weighted by molar-refractivity contribution is 0.0249. The summed E-state index contributed by atoms with van der Waals surface area (Å²) in [7, 11) is 0. The molecule has 2 aliphatic rings. The van der Waals surface area contributed by atoms with E-state index in [1.807, 2.05) is 49.2 Å². The highest BCUT2D eigenvalue weighted by Gasteiger charge is 2.38. The summed E-state index contributed by atoms with van der Waals surface area (Å²) >= 11 is 0. The van der Waals surface area contributed by atoms with Crippen LogP contribution in [0.5, 0.6) is 0 Å². The van der Waals surface area contributed by atoms with Gasteiger partial charge in [-0.15, -0.1) is 5.10 Å². The first-order valence-corrected chi connectivity index (χ1v) is 10.9. The summed E-state index contributed by atoms with van der Waals surface area (Å²) in [5, 5.41) is 13.8. The first kappa shape index (κ1) is 19.7. The van der Waals surface area contributed by atoms with Gasteiger partial charge >= 0.3 is 0 Å². The van der Waals surface area contributed by atoms with E-state index in [0.717, 1.165) is 46.9 Å². The highest BCUT2D eigenvalue weighted by atomic mass is 16.2. The molecule has 10 nitrogen and oxygen atoms in total. The monoisotopic (exact) mass is 441 g/mol. The first-order valence-electron chi connectivity index (χ1n) is 10.9. The fourth-order valence-electron chi connectivity index (χ4n) is 4.53. The second kappa shape index (κ2) is 7.59. The van der Waals surface area contributed by atoms with Crippen molar-refractivity contribution in [2.45, 2.75) is 33.0 Å². The minimum Gasteiger partial charge on any atom is -0.335 e. The average molecular weight is 441 g/mol. The van der Waals surface area contributed by atoms with E-state index in [-0.39, 0.29) is 5.91 Å². The molecule has 0 radical (unpaired) electrons. The minimum atomic E-state index is 0.0279. The molecule has 1 aromatic carbocycles. The summed E-state index contributed by atoms with van der Waals surface area (Å²) < 4.78 is 0. The Balaban J connectivity index is 1.09. The maximum absolute atomic E-state index is 12.8. The summed E-state index contributed by atoms with van der Waals surface area (Å²) in [6.07, 6.45) is 1.89. The Morgan fingerprint density at radius 2 is 2.00 bits per heavy atom. The van der Waals surface area contributed by atoms with Crippen LogP contribution < -0.4 is 5.32 Å². The van der Waals surface area contributed by atoms with Crippen LogP contribution in [0.15, 0.2) is 36.5 Å². The number of hydrogen-bond acceptors (Lipinski definition) is 8. The number of fused-ring (bicyclic) bond motifs is 2. The van der Waals surface area contributed by atoms with Crippen LogP contribution in [-0.2, 0) is 13.1 Å². The van der Waals surface area contributed by atoms with Gasteiger partial charge in [0.1, 0.15) is 11.3 Å². The van der Waals surface area contributed by atoms with Crippen molar-refractivity contribution in [3.63, 3.8) is 0 Å². The molecule has 4 aromatic rings. The number of aromatic amines is 1. The quantitative estimate of drug-likeness (QED) is 0.496. The van der Waals surface area contributed by atoms with Crippen LogP contribution in [0.25, 0.3) is 11.0 Å².